The Hall–Kier alpha value is -1.85. The fourth-order valence-electron chi connectivity index (χ4n) is 1.77. The summed E-state index contributed by atoms with van der Waals surface area (Å²) in [5.41, 5.74) is 3.23. The first-order chi connectivity index (χ1) is 9.85. The van der Waals surface area contributed by atoms with E-state index in [-0.39, 0.29) is 0 Å². The van der Waals surface area contributed by atoms with Crippen molar-refractivity contribution in [1.29, 1.82) is 0 Å². The highest BCUT2D eigenvalue weighted by Gasteiger charge is 2.05. The number of thiazole rings is 1. The summed E-state index contributed by atoms with van der Waals surface area (Å²) >= 11 is 3.34. The van der Waals surface area contributed by atoms with E-state index in [4.69, 9.17) is 4.74 Å². The smallest absolute Gasteiger partial charge is 0.131 e. The molecule has 3 nitrogen and oxygen atoms in total. The zero-order valence-corrected chi connectivity index (χ0v) is 12.6. The van der Waals surface area contributed by atoms with Crippen molar-refractivity contribution < 1.29 is 4.74 Å². The van der Waals surface area contributed by atoms with E-state index in [2.05, 4.69) is 32.5 Å². The van der Waals surface area contributed by atoms with Gasteiger partial charge >= 0.3 is 0 Å². The quantitative estimate of drug-likeness (QED) is 0.754. The SMILES string of the molecule is CNc1ccc(OCc2csc(-c3ccsc3)n2)cc1. The molecule has 1 N–H and O–H groups in total. The number of rotatable bonds is 5. The van der Waals surface area contributed by atoms with Crippen LogP contribution in [0.5, 0.6) is 5.75 Å². The van der Waals surface area contributed by atoms with Crippen molar-refractivity contribution in [3.05, 3.63) is 52.2 Å². The van der Waals surface area contributed by atoms with E-state index in [0.717, 1.165) is 22.1 Å². The van der Waals surface area contributed by atoms with Gasteiger partial charge in [-0.25, -0.2) is 4.98 Å². The number of benzene rings is 1. The van der Waals surface area contributed by atoms with Gasteiger partial charge in [0.15, 0.2) is 0 Å². The third kappa shape index (κ3) is 3.00. The van der Waals surface area contributed by atoms with Gasteiger partial charge in [-0.15, -0.1) is 11.3 Å². The minimum Gasteiger partial charge on any atom is -0.487 e. The Morgan fingerprint density at radius 3 is 2.70 bits per heavy atom. The fraction of sp³-hybridized carbons (Fsp3) is 0.133. The number of nitrogens with zero attached hydrogens (tertiary/aromatic N) is 1. The van der Waals surface area contributed by atoms with Crippen LogP contribution in [-0.2, 0) is 6.61 Å². The Balaban J connectivity index is 1.63. The summed E-state index contributed by atoms with van der Waals surface area (Å²) < 4.78 is 5.74. The Bertz CT molecular complexity index is 660. The van der Waals surface area contributed by atoms with Gasteiger partial charge in [0.1, 0.15) is 17.4 Å². The lowest BCUT2D eigenvalue weighted by Gasteiger charge is -2.05. The van der Waals surface area contributed by atoms with E-state index >= 15 is 0 Å². The van der Waals surface area contributed by atoms with Gasteiger partial charge in [-0.1, -0.05) is 0 Å². The topological polar surface area (TPSA) is 34.1 Å². The van der Waals surface area contributed by atoms with Crippen molar-refractivity contribution in [3.8, 4) is 16.3 Å². The van der Waals surface area contributed by atoms with Crippen LogP contribution in [0.15, 0.2) is 46.5 Å². The number of hydrogen-bond acceptors (Lipinski definition) is 5. The molecule has 0 aliphatic heterocycles. The molecule has 0 atom stereocenters. The van der Waals surface area contributed by atoms with Crippen LogP contribution < -0.4 is 10.1 Å². The minimum atomic E-state index is 0.500. The molecule has 0 spiro atoms. The second-order valence-electron chi connectivity index (χ2n) is 4.22. The molecule has 2 aromatic heterocycles. The van der Waals surface area contributed by atoms with Gasteiger partial charge in [-0.3, -0.25) is 0 Å². The van der Waals surface area contributed by atoms with Gasteiger partial charge in [-0.2, -0.15) is 11.3 Å². The van der Waals surface area contributed by atoms with Gasteiger partial charge in [0.25, 0.3) is 0 Å². The zero-order valence-electron chi connectivity index (χ0n) is 11.0. The van der Waals surface area contributed by atoms with Gasteiger partial charge in [-0.05, 0) is 35.7 Å². The van der Waals surface area contributed by atoms with Gasteiger partial charge in [0.2, 0.25) is 0 Å². The largest absolute Gasteiger partial charge is 0.487 e. The summed E-state index contributed by atoms with van der Waals surface area (Å²) in [5, 5.41) is 10.4. The van der Waals surface area contributed by atoms with Crippen molar-refractivity contribution in [1.82, 2.24) is 4.98 Å². The summed E-state index contributed by atoms with van der Waals surface area (Å²) in [4.78, 5) is 4.59. The number of aromatic nitrogens is 1. The molecule has 0 bridgehead atoms. The first kappa shape index (κ1) is 13.1. The molecule has 102 valence electrons. The molecule has 3 aromatic rings. The van der Waals surface area contributed by atoms with Crippen molar-refractivity contribution in [3.63, 3.8) is 0 Å². The van der Waals surface area contributed by atoms with Gasteiger partial charge < -0.3 is 10.1 Å². The molecule has 0 saturated carbocycles. The van der Waals surface area contributed by atoms with Crippen LogP contribution in [0.4, 0.5) is 5.69 Å². The average Bonchev–Trinajstić information content (AvgIpc) is 3.16. The summed E-state index contributed by atoms with van der Waals surface area (Å²) in [6, 6.07) is 9.99. The average molecular weight is 302 g/mol. The highest BCUT2D eigenvalue weighted by atomic mass is 32.1. The number of hydrogen-bond donors (Lipinski definition) is 1. The van der Waals surface area contributed by atoms with Crippen LogP contribution in [0.25, 0.3) is 10.6 Å². The molecule has 0 radical (unpaired) electrons. The maximum Gasteiger partial charge on any atom is 0.131 e. The number of nitrogens with one attached hydrogen (secondary N) is 1. The van der Waals surface area contributed by atoms with Crippen molar-refractivity contribution in [2.75, 3.05) is 12.4 Å². The Kier molecular flexibility index (Phi) is 3.99. The predicted molar refractivity (Wildman–Crippen MR) is 85.7 cm³/mol. The van der Waals surface area contributed by atoms with E-state index < -0.39 is 0 Å². The third-order valence-corrected chi connectivity index (χ3v) is 4.47. The van der Waals surface area contributed by atoms with Crippen molar-refractivity contribution >= 4 is 28.4 Å². The first-order valence-electron chi connectivity index (χ1n) is 6.23. The number of ether oxygens (including phenoxy) is 1. The lowest BCUT2D eigenvalue weighted by atomic mass is 10.3. The van der Waals surface area contributed by atoms with Crippen molar-refractivity contribution in [2.45, 2.75) is 6.61 Å². The van der Waals surface area contributed by atoms with Crippen LogP contribution in [-0.4, -0.2) is 12.0 Å². The molecular formula is C15H14N2OS2. The standard InChI is InChI=1S/C15H14N2OS2/c1-16-12-2-4-14(5-3-12)18-8-13-10-20-15(17-13)11-6-7-19-9-11/h2-7,9-10,16H,8H2,1H3. The summed E-state index contributed by atoms with van der Waals surface area (Å²) in [6.45, 7) is 0.500. The predicted octanol–water partition coefficient (Wildman–Crippen LogP) is 4.49. The zero-order chi connectivity index (χ0) is 13.8. The number of anilines is 1. The second kappa shape index (κ2) is 6.07. The van der Waals surface area contributed by atoms with E-state index in [1.54, 1.807) is 22.7 Å². The first-order valence-corrected chi connectivity index (χ1v) is 8.05. The third-order valence-electron chi connectivity index (χ3n) is 2.85. The maximum atomic E-state index is 5.74. The molecule has 0 amide bonds. The molecule has 3 rings (SSSR count). The van der Waals surface area contributed by atoms with Gasteiger partial charge in [0.05, 0.1) is 5.69 Å². The fourth-order valence-corrected chi connectivity index (χ4v) is 3.28. The Labute approximate surface area is 125 Å². The summed E-state index contributed by atoms with van der Waals surface area (Å²) in [7, 11) is 1.90. The van der Waals surface area contributed by atoms with Crippen LogP contribution >= 0.6 is 22.7 Å². The molecule has 0 saturated heterocycles. The van der Waals surface area contributed by atoms with Crippen LogP contribution in [0.3, 0.4) is 0 Å². The molecular weight excluding hydrogens is 288 g/mol. The highest BCUT2D eigenvalue weighted by molar-refractivity contribution is 7.14. The normalized spacial score (nSPS) is 10.4. The summed E-state index contributed by atoms with van der Waals surface area (Å²) in [6.07, 6.45) is 0. The summed E-state index contributed by atoms with van der Waals surface area (Å²) in [5.74, 6) is 0.856. The van der Waals surface area contributed by atoms with E-state index in [1.807, 2.05) is 31.3 Å². The van der Waals surface area contributed by atoms with Crippen LogP contribution in [0, 0.1) is 0 Å². The minimum absolute atomic E-state index is 0.500. The lowest BCUT2D eigenvalue weighted by Crippen LogP contribution is -1.96. The van der Waals surface area contributed by atoms with E-state index in [0.29, 0.717) is 6.61 Å². The molecule has 0 unspecified atom stereocenters. The maximum absolute atomic E-state index is 5.74. The second-order valence-corrected chi connectivity index (χ2v) is 5.86. The molecule has 5 heteroatoms. The van der Waals surface area contributed by atoms with Crippen LogP contribution in [0.2, 0.25) is 0 Å². The highest BCUT2D eigenvalue weighted by Crippen LogP contribution is 2.26. The van der Waals surface area contributed by atoms with Crippen molar-refractivity contribution in [2.24, 2.45) is 0 Å². The Morgan fingerprint density at radius 1 is 1.15 bits per heavy atom. The monoisotopic (exact) mass is 302 g/mol. The van der Waals surface area contributed by atoms with E-state index in [1.165, 1.54) is 5.56 Å². The molecule has 20 heavy (non-hydrogen) atoms. The molecule has 1 aromatic carbocycles. The molecule has 0 fully saturated rings. The lowest BCUT2D eigenvalue weighted by molar-refractivity contribution is 0.302. The molecule has 0 aliphatic carbocycles. The Morgan fingerprint density at radius 2 is 2.00 bits per heavy atom. The van der Waals surface area contributed by atoms with E-state index in [9.17, 15) is 0 Å². The molecule has 0 aliphatic rings. The van der Waals surface area contributed by atoms with Crippen LogP contribution in [0.1, 0.15) is 5.69 Å². The molecule has 2 heterocycles. The number of thiophene rings is 1. The van der Waals surface area contributed by atoms with Gasteiger partial charge in [0, 0.05) is 29.1 Å².